The number of carbonyl (C=O) groups is 1. The van der Waals surface area contributed by atoms with Gasteiger partial charge in [-0.25, -0.2) is 4.39 Å². The molecule has 2 aromatic rings. The molecule has 0 bridgehead atoms. The number of halogens is 1. The van der Waals surface area contributed by atoms with E-state index in [1.165, 1.54) is 12.1 Å². The minimum Gasteiger partial charge on any atom is -0.496 e. The van der Waals surface area contributed by atoms with E-state index in [2.05, 4.69) is 15.2 Å². The average Bonchev–Trinajstić information content (AvgIpc) is 3.47. The highest BCUT2D eigenvalue weighted by Crippen LogP contribution is 2.40. The lowest BCUT2D eigenvalue weighted by atomic mass is 10.0. The molecule has 0 unspecified atom stereocenters. The molecule has 1 N–H and O–H groups in total. The molecule has 0 radical (unpaired) electrons. The van der Waals surface area contributed by atoms with Crippen LogP contribution in [0.25, 0.3) is 0 Å². The van der Waals surface area contributed by atoms with E-state index in [1.54, 1.807) is 19.4 Å². The molecular formula is C22H26FN3O3. The fourth-order valence-electron chi connectivity index (χ4n) is 3.84. The topological polar surface area (TPSA) is 63.7 Å². The summed E-state index contributed by atoms with van der Waals surface area (Å²) in [6.07, 6.45) is 4.04. The Morgan fingerprint density at radius 2 is 2.21 bits per heavy atom. The van der Waals surface area contributed by atoms with Gasteiger partial charge in [-0.1, -0.05) is 0 Å². The second kappa shape index (κ2) is 7.99. The lowest BCUT2D eigenvalue weighted by Gasteiger charge is -2.33. The zero-order chi connectivity index (χ0) is 20.4. The molecule has 1 atom stereocenters. The predicted octanol–water partition coefficient (Wildman–Crippen LogP) is 2.96. The summed E-state index contributed by atoms with van der Waals surface area (Å²) in [5, 5.41) is 3.12. The van der Waals surface area contributed by atoms with Gasteiger partial charge >= 0.3 is 0 Å². The molecule has 1 aromatic carbocycles. The zero-order valence-electron chi connectivity index (χ0n) is 16.8. The number of aromatic nitrogens is 1. The Labute approximate surface area is 170 Å². The highest BCUT2D eigenvalue weighted by molar-refractivity contribution is 5.94. The highest BCUT2D eigenvalue weighted by Gasteiger charge is 2.45. The van der Waals surface area contributed by atoms with Crippen LogP contribution in [0.15, 0.2) is 36.5 Å². The van der Waals surface area contributed by atoms with Gasteiger partial charge in [-0.05, 0) is 62.1 Å². The number of hydrogen-bond donors (Lipinski definition) is 1. The molecule has 1 aliphatic heterocycles. The van der Waals surface area contributed by atoms with Crippen molar-refractivity contribution in [2.24, 2.45) is 0 Å². The number of nitrogens with one attached hydrogen (secondary N) is 1. The monoisotopic (exact) mass is 399 g/mol. The standard InChI is InChI=1S/C22H26FN3O3/c1-15-14-26(9-10-29-15)18-5-8-24-19(12-18)21(27)25-22(6-7-22)13-16-11-17(23)3-4-20(16)28-2/h3-5,8,11-12,15H,6-7,9-10,13-14H2,1-2H3,(H,25,27)/t15-/m1/s1. The molecule has 2 heterocycles. The van der Waals surface area contributed by atoms with Gasteiger partial charge in [0.05, 0.1) is 19.8 Å². The van der Waals surface area contributed by atoms with Gasteiger partial charge in [0.25, 0.3) is 5.91 Å². The predicted molar refractivity (Wildman–Crippen MR) is 108 cm³/mol. The molecule has 1 aromatic heterocycles. The van der Waals surface area contributed by atoms with Crippen LogP contribution >= 0.6 is 0 Å². The first-order valence-electron chi connectivity index (χ1n) is 9.95. The Bertz CT molecular complexity index is 901. The van der Waals surface area contributed by atoms with E-state index in [-0.39, 0.29) is 23.4 Å². The molecule has 154 valence electrons. The Morgan fingerprint density at radius 1 is 1.38 bits per heavy atom. The first-order chi connectivity index (χ1) is 14.0. The third-order valence-electron chi connectivity index (χ3n) is 5.59. The van der Waals surface area contributed by atoms with Gasteiger partial charge in [-0.3, -0.25) is 9.78 Å². The maximum absolute atomic E-state index is 13.7. The van der Waals surface area contributed by atoms with Gasteiger partial charge < -0.3 is 19.7 Å². The summed E-state index contributed by atoms with van der Waals surface area (Å²) in [6.45, 7) is 4.29. The molecule has 4 rings (SSSR count). The zero-order valence-corrected chi connectivity index (χ0v) is 16.8. The van der Waals surface area contributed by atoms with Crippen LogP contribution in [-0.2, 0) is 11.2 Å². The van der Waals surface area contributed by atoms with E-state index in [1.807, 2.05) is 19.1 Å². The molecule has 1 aliphatic carbocycles. The maximum atomic E-state index is 13.7. The van der Waals surface area contributed by atoms with Crippen molar-refractivity contribution >= 4 is 11.6 Å². The van der Waals surface area contributed by atoms with E-state index < -0.39 is 0 Å². The molecule has 1 amide bonds. The Balaban J connectivity index is 1.47. The quantitative estimate of drug-likeness (QED) is 0.809. The maximum Gasteiger partial charge on any atom is 0.270 e. The number of benzene rings is 1. The number of hydrogen-bond acceptors (Lipinski definition) is 5. The van der Waals surface area contributed by atoms with E-state index in [4.69, 9.17) is 9.47 Å². The molecule has 2 fully saturated rings. The van der Waals surface area contributed by atoms with E-state index in [0.717, 1.165) is 37.2 Å². The van der Waals surface area contributed by atoms with Crippen LogP contribution in [0.3, 0.4) is 0 Å². The molecule has 0 spiro atoms. The number of anilines is 1. The van der Waals surface area contributed by atoms with Crippen LogP contribution < -0.4 is 15.0 Å². The second-order valence-corrected chi connectivity index (χ2v) is 7.89. The SMILES string of the molecule is COc1ccc(F)cc1CC1(NC(=O)c2cc(N3CCO[C@H](C)C3)ccn2)CC1. The molecule has 2 aliphatic rings. The van der Waals surface area contributed by atoms with Crippen molar-refractivity contribution in [3.63, 3.8) is 0 Å². The van der Waals surface area contributed by atoms with Crippen LogP contribution in [0.1, 0.15) is 35.8 Å². The summed E-state index contributed by atoms with van der Waals surface area (Å²) in [5.41, 5.74) is 1.74. The van der Waals surface area contributed by atoms with E-state index in [0.29, 0.717) is 24.5 Å². The number of amides is 1. The molecule has 6 nitrogen and oxygen atoms in total. The van der Waals surface area contributed by atoms with E-state index >= 15 is 0 Å². The molecular weight excluding hydrogens is 373 g/mol. The number of nitrogens with zero attached hydrogens (tertiary/aromatic N) is 2. The number of ether oxygens (including phenoxy) is 2. The number of pyridine rings is 1. The van der Waals surface area contributed by atoms with Crippen molar-refractivity contribution in [3.05, 3.63) is 53.6 Å². The number of morpholine rings is 1. The number of methoxy groups -OCH3 is 1. The van der Waals surface area contributed by atoms with Gasteiger partial charge in [0.2, 0.25) is 0 Å². The van der Waals surface area contributed by atoms with Gasteiger partial charge in [0, 0.05) is 30.5 Å². The van der Waals surface area contributed by atoms with Crippen molar-refractivity contribution in [2.75, 3.05) is 31.7 Å². The third-order valence-corrected chi connectivity index (χ3v) is 5.59. The average molecular weight is 399 g/mol. The highest BCUT2D eigenvalue weighted by atomic mass is 19.1. The summed E-state index contributed by atoms with van der Waals surface area (Å²) in [6, 6.07) is 8.22. The van der Waals surface area contributed by atoms with Crippen molar-refractivity contribution < 1.29 is 18.7 Å². The summed E-state index contributed by atoms with van der Waals surface area (Å²) in [5.74, 6) is 0.117. The third kappa shape index (κ3) is 4.50. The Morgan fingerprint density at radius 3 is 2.93 bits per heavy atom. The van der Waals surface area contributed by atoms with Gasteiger partial charge in [-0.15, -0.1) is 0 Å². The molecule has 29 heavy (non-hydrogen) atoms. The second-order valence-electron chi connectivity index (χ2n) is 7.89. The minimum atomic E-state index is -0.372. The summed E-state index contributed by atoms with van der Waals surface area (Å²) >= 11 is 0. The van der Waals surface area contributed by atoms with Crippen molar-refractivity contribution in [1.29, 1.82) is 0 Å². The van der Waals surface area contributed by atoms with Crippen molar-refractivity contribution in [1.82, 2.24) is 10.3 Å². The lowest BCUT2D eigenvalue weighted by Crippen LogP contribution is -2.41. The van der Waals surface area contributed by atoms with Gasteiger partial charge in [0.15, 0.2) is 0 Å². The normalized spacial score (nSPS) is 20.2. The molecule has 7 heteroatoms. The van der Waals surface area contributed by atoms with Gasteiger partial charge in [-0.2, -0.15) is 0 Å². The van der Waals surface area contributed by atoms with Crippen molar-refractivity contribution in [2.45, 2.75) is 37.8 Å². The van der Waals surface area contributed by atoms with Crippen LogP contribution in [0.4, 0.5) is 10.1 Å². The first kappa shape index (κ1) is 19.6. The van der Waals surface area contributed by atoms with E-state index in [9.17, 15) is 9.18 Å². The fraction of sp³-hybridized carbons (Fsp3) is 0.455. The minimum absolute atomic E-state index is 0.158. The summed E-state index contributed by atoms with van der Waals surface area (Å²) in [7, 11) is 1.57. The lowest BCUT2D eigenvalue weighted by molar-refractivity contribution is 0.0532. The Kier molecular flexibility index (Phi) is 5.41. The van der Waals surface area contributed by atoms with Crippen LogP contribution in [0, 0.1) is 5.82 Å². The van der Waals surface area contributed by atoms with Crippen molar-refractivity contribution in [3.8, 4) is 5.75 Å². The summed E-state index contributed by atoms with van der Waals surface area (Å²) in [4.78, 5) is 19.4. The largest absolute Gasteiger partial charge is 0.496 e. The van der Waals surface area contributed by atoms with Crippen LogP contribution in [0.2, 0.25) is 0 Å². The fourth-order valence-corrected chi connectivity index (χ4v) is 3.84. The molecule has 1 saturated heterocycles. The number of carbonyl (C=O) groups excluding carboxylic acids is 1. The Hall–Kier alpha value is -2.67. The summed E-state index contributed by atoms with van der Waals surface area (Å²) < 4.78 is 24.6. The van der Waals surface area contributed by atoms with Crippen LogP contribution in [0.5, 0.6) is 5.75 Å². The van der Waals surface area contributed by atoms with Crippen LogP contribution in [-0.4, -0.2) is 49.3 Å². The number of rotatable bonds is 6. The smallest absolute Gasteiger partial charge is 0.270 e. The first-order valence-corrected chi connectivity index (χ1v) is 9.95. The molecule has 1 saturated carbocycles. The van der Waals surface area contributed by atoms with Gasteiger partial charge in [0.1, 0.15) is 17.3 Å².